The molecule has 1 aromatic rings. The van der Waals surface area contributed by atoms with Gasteiger partial charge in [-0.1, -0.05) is 32.9 Å². The standard InChI is InChI=1S/C19H30FN/c1-14(16-6-5-7-18(20)12-16)21-13-15-8-10-17(11-9-15)19(2,3)4/h5-7,12,14-15,17,21H,8-11,13H2,1-4H3/t14-,15?,17?/m1/s1. The smallest absolute Gasteiger partial charge is 0.123 e. The molecule has 1 aromatic carbocycles. The van der Waals surface area contributed by atoms with Crippen molar-refractivity contribution in [1.29, 1.82) is 0 Å². The molecule has 118 valence electrons. The first-order valence-corrected chi connectivity index (χ1v) is 8.35. The summed E-state index contributed by atoms with van der Waals surface area (Å²) < 4.78 is 13.2. The number of rotatable bonds is 4. The molecule has 0 radical (unpaired) electrons. The van der Waals surface area contributed by atoms with Gasteiger partial charge >= 0.3 is 0 Å². The molecule has 1 atom stereocenters. The molecule has 0 saturated heterocycles. The van der Waals surface area contributed by atoms with Gasteiger partial charge in [0.25, 0.3) is 0 Å². The van der Waals surface area contributed by atoms with Gasteiger partial charge in [0.1, 0.15) is 5.82 Å². The molecule has 1 nitrogen and oxygen atoms in total. The van der Waals surface area contributed by atoms with Crippen LogP contribution in [0, 0.1) is 23.1 Å². The van der Waals surface area contributed by atoms with E-state index in [1.807, 2.05) is 6.07 Å². The molecule has 0 amide bonds. The Kier molecular flexibility index (Phi) is 5.43. The van der Waals surface area contributed by atoms with Gasteiger partial charge in [-0.2, -0.15) is 0 Å². The number of benzene rings is 1. The fraction of sp³-hybridized carbons (Fsp3) is 0.684. The summed E-state index contributed by atoms with van der Waals surface area (Å²) in [5.41, 5.74) is 1.49. The van der Waals surface area contributed by atoms with E-state index in [1.54, 1.807) is 12.1 Å². The van der Waals surface area contributed by atoms with Crippen molar-refractivity contribution in [3.05, 3.63) is 35.6 Å². The average molecular weight is 291 g/mol. The summed E-state index contributed by atoms with van der Waals surface area (Å²) >= 11 is 0. The fourth-order valence-corrected chi connectivity index (χ4v) is 3.47. The highest BCUT2D eigenvalue weighted by molar-refractivity contribution is 5.19. The monoisotopic (exact) mass is 291 g/mol. The van der Waals surface area contributed by atoms with Crippen LogP contribution < -0.4 is 5.32 Å². The van der Waals surface area contributed by atoms with E-state index in [4.69, 9.17) is 0 Å². The summed E-state index contributed by atoms with van der Waals surface area (Å²) in [7, 11) is 0. The number of halogens is 1. The van der Waals surface area contributed by atoms with E-state index in [0.717, 1.165) is 23.9 Å². The van der Waals surface area contributed by atoms with Crippen molar-refractivity contribution >= 4 is 0 Å². The van der Waals surface area contributed by atoms with E-state index in [-0.39, 0.29) is 11.9 Å². The lowest BCUT2D eigenvalue weighted by molar-refractivity contribution is 0.148. The average Bonchev–Trinajstić information content (AvgIpc) is 2.44. The van der Waals surface area contributed by atoms with E-state index in [1.165, 1.54) is 31.7 Å². The van der Waals surface area contributed by atoms with Gasteiger partial charge in [-0.25, -0.2) is 4.39 Å². The molecule has 2 heteroatoms. The molecule has 1 N–H and O–H groups in total. The third-order valence-corrected chi connectivity index (χ3v) is 5.13. The topological polar surface area (TPSA) is 12.0 Å². The second-order valence-electron chi connectivity index (χ2n) is 7.77. The molecule has 0 unspecified atom stereocenters. The molecule has 1 fully saturated rings. The first-order valence-electron chi connectivity index (χ1n) is 8.35. The van der Waals surface area contributed by atoms with Crippen molar-refractivity contribution in [2.24, 2.45) is 17.3 Å². The third kappa shape index (κ3) is 4.81. The highest BCUT2D eigenvalue weighted by atomic mass is 19.1. The number of hydrogen-bond donors (Lipinski definition) is 1. The van der Waals surface area contributed by atoms with Crippen LogP contribution >= 0.6 is 0 Å². The van der Waals surface area contributed by atoms with E-state index in [2.05, 4.69) is 33.0 Å². The minimum atomic E-state index is -0.146. The predicted molar refractivity (Wildman–Crippen MR) is 87.7 cm³/mol. The van der Waals surface area contributed by atoms with E-state index >= 15 is 0 Å². The fourth-order valence-electron chi connectivity index (χ4n) is 3.47. The number of nitrogens with one attached hydrogen (secondary N) is 1. The zero-order chi connectivity index (χ0) is 15.5. The maximum absolute atomic E-state index is 13.2. The van der Waals surface area contributed by atoms with Gasteiger partial charge in [0.15, 0.2) is 0 Å². The Balaban J connectivity index is 1.77. The molecule has 0 aliphatic heterocycles. The molecule has 1 aliphatic rings. The highest BCUT2D eigenvalue weighted by Gasteiger charge is 2.29. The summed E-state index contributed by atoms with van der Waals surface area (Å²) in [5, 5.41) is 3.58. The first kappa shape index (κ1) is 16.5. The maximum atomic E-state index is 13.2. The Hall–Kier alpha value is -0.890. The van der Waals surface area contributed by atoms with E-state index < -0.39 is 0 Å². The molecule has 2 rings (SSSR count). The molecule has 21 heavy (non-hydrogen) atoms. The number of hydrogen-bond acceptors (Lipinski definition) is 1. The molecule has 0 heterocycles. The lowest BCUT2D eigenvalue weighted by atomic mass is 9.70. The Bertz CT molecular complexity index is 441. The zero-order valence-corrected chi connectivity index (χ0v) is 14.0. The second kappa shape index (κ2) is 6.91. The Morgan fingerprint density at radius 1 is 1.19 bits per heavy atom. The minimum Gasteiger partial charge on any atom is -0.310 e. The zero-order valence-electron chi connectivity index (χ0n) is 14.0. The summed E-state index contributed by atoms with van der Waals surface area (Å²) in [4.78, 5) is 0. The summed E-state index contributed by atoms with van der Waals surface area (Å²) in [6.07, 6.45) is 5.35. The quantitative estimate of drug-likeness (QED) is 0.790. The summed E-state index contributed by atoms with van der Waals surface area (Å²) in [5.74, 6) is 1.50. The Labute approximate surface area is 129 Å². The molecular weight excluding hydrogens is 261 g/mol. The Morgan fingerprint density at radius 2 is 1.86 bits per heavy atom. The minimum absolute atomic E-state index is 0.146. The van der Waals surface area contributed by atoms with E-state index in [0.29, 0.717) is 5.41 Å². The van der Waals surface area contributed by atoms with Crippen molar-refractivity contribution in [2.45, 2.75) is 59.4 Å². The largest absolute Gasteiger partial charge is 0.310 e. The van der Waals surface area contributed by atoms with Crippen LogP contribution in [0.5, 0.6) is 0 Å². The van der Waals surface area contributed by atoms with Gasteiger partial charge in [-0.3, -0.25) is 0 Å². The third-order valence-electron chi connectivity index (χ3n) is 5.13. The predicted octanol–water partition coefficient (Wildman–Crippen LogP) is 5.33. The molecule has 0 spiro atoms. The second-order valence-corrected chi connectivity index (χ2v) is 7.77. The van der Waals surface area contributed by atoms with Crippen LogP contribution in [-0.2, 0) is 0 Å². The lowest BCUT2D eigenvalue weighted by Crippen LogP contribution is -2.31. The van der Waals surface area contributed by atoms with Gasteiger partial charge in [0, 0.05) is 6.04 Å². The SMILES string of the molecule is C[C@@H](NCC1CCC(C(C)(C)C)CC1)c1cccc(F)c1. The van der Waals surface area contributed by atoms with Gasteiger partial charge in [-0.15, -0.1) is 0 Å². The molecular formula is C19H30FN. The first-order chi connectivity index (χ1) is 9.86. The van der Waals surface area contributed by atoms with Crippen molar-refractivity contribution in [3.8, 4) is 0 Å². The van der Waals surface area contributed by atoms with Gasteiger partial charge in [0.2, 0.25) is 0 Å². The van der Waals surface area contributed by atoms with Crippen LogP contribution in [0.15, 0.2) is 24.3 Å². The molecule has 0 aromatic heterocycles. The van der Waals surface area contributed by atoms with E-state index in [9.17, 15) is 4.39 Å². The molecule has 1 aliphatic carbocycles. The van der Waals surface area contributed by atoms with Crippen molar-refractivity contribution < 1.29 is 4.39 Å². The molecule has 0 bridgehead atoms. The summed E-state index contributed by atoms with van der Waals surface area (Å²) in [6.45, 7) is 10.3. The van der Waals surface area contributed by atoms with Crippen molar-refractivity contribution in [2.75, 3.05) is 6.54 Å². The van der Waals surface area contributed by atoms with Crippen LogP contribution in [0.2, 0.25) is 0 Å². The maximum Gasteiger partial charge on any atom is 0.123 e. The van der Waals surface area contributed by atoms with Crippen LogP contribution in [0.4, 0.5) is 4.39 Å². The lowest BCUT2D eigenvalue weighted by Gasteiger charge is -2.37. The van der Waals surface area contributed by atoms with Crippen LogP contribution in [0.1, 0.15) is 65.0 Å². The normalized spacial score (nSPS) is 24.8. The van der Waals surface area contributed by atoms with Crippen molar-refractivity contribution in [3.63, 3.8) is 0 Å². The van der Waals surface area contributed by atoms with Gasteiger partial charge < -0.3 is 5.32 Å². The molecule has 1 saturated carbocycles. The van der Waals surface area contributed by atoms with Gasteiger partial charge in [0.05, 0.1) is 0 Å². The van der Waals surface area contributed by atoms with Gasteiger partial charge in [-0.05, 0) is 74.1 Å². The van der Waals surface area contributed by atoms with Crippen LogP contribution in [0.3, 0.4) is 0 Å². The summed E-state index contributed by atoms with van der Waals surface area (Å²) in [6, 6.07) is 7.15. The highest BCUT2D eigenvalue weighted by Crippen LogP contribution is 2.39. The Morgan fingerprint density at radius 3 is 2.43 bits per heavy atom. The van der Waals surface area contributed by atoms with Crippen LogP contribution in [0.25, 0.3) is 0 Å². The van der Waals surface area contributed by atoms with Crippen molar-refractivity contribution in [1.82, 2.24) is 5.32 Å². The van der Waals surface area contributed by atoms with Crippen LogP contribution in [-0.4, -0.2) is 6.54 Å².